The molecule has 2 saturated carbocycles. The molecule has 0 amide bonds. The Morgan fingerprint density at radius 1 is 1.35 bits per heavy atom. The van der Waals surface area contributed by atoms with Gasteiger partial charge in [-0.3, -0.25) is 4.79 Å². The first kappa shape index (κ1) is 14.1. The second kappa shape index (κ2) is 4.33. The maximum atomic E-state index is 12.3. The van der Waals surface area contributed by atoms with Crippen LogP contribution in [-0.4, -0.2) is 15.8 Å². The quantitative estimate of drug-likeness (QED) is 0.915. The lowest BCUT2D eigenvalue weighted by Gasteiger charge is -2.11. The number of hydrogen-bond donors (Lipinski definition) is 1. The van der Waals surface area contributed by atoms with Crippen LogP contribution in [0, 0.1) is 16.7 Å². The van der Waals surface area contributed by atoms with Gasteiger partial charge in [0, 0.05) is 12.6 Å². The van der Waals surface area contributed by atoms with Gasteiger partial charge in [-0.15, -0.1) is 0 Å². The van der Waals surface area contributed by atoms with E-state index in [1.165, 1.54) is 12.8 Å². The third-order valence-electron chi connectivity index (χ3n) is 5.43. The first-order chi connectivity index (χ1) is 9.25. The summed E-state index contributed by atoms with van der Waals surface area (Å²) in [5, 5.41) is 7.79. The fourth-order valence-electron chi connectivity index (χ4n) is 2.95. The fourth-order valence-corrected chi connectivity index (χ4v) is 3.37. The highest BCUT2D eigenvalue weighted by Gasteiger charge is 2.65. The Morgan fingerprint density at radius 2 is 1.95 bits per heavy atom. The summed E-state index contributed by atoms with van der Waals surface area (Å²) in [6, 6.07) is 0.367. The molecule has 0 unspecified atom stereocenters. The molecule has 5 heteroatoms. The molecule has 1 heterocycles. The standard InChI is InChI=1S/C15H22BrN3O/c1-14(2)13(15(14,3)4)18-10-7-17-19(8-9-5-6-9)12(20)11(10)16/h7,9,13,18H,5-6,8H2,1-4H3. The van der Waals surface area contributed by atoms with Crippen molar-refractivity contribution in [2.45, 2.75) is 53.1 Å². The number of anilines is 1. The molecule has 0 aromatic carbocycles. The molecule has 0 saturated heterocycles. The number of nitrogens with one attached hydrogen (secondary N) is 1. The van der Waals surface area contributed by atoms with Crippen LogP contribution in [0.2, 0.25) is 0 Å². The zero-order valence-electron chi connectivity index (χ0n) is 12.5. The average molecular weight is 340 g/mol. The van der Waals surface area contributed by atoms with Crippen molar-refractivity contribution in [3.05, 3.63) is 21.0 Å². The largest absolute Gasteiger partial charge is 0.379 e. The number of halogens is 1. The number of nitrogens with zero attached hydrogens (tertiary/aromatic N) is 2. The minimum absolute atomic E-state index is 0.0295. The van der Waals surface area contributed by atoms with Crippen LogP contribution in [0.4, 0.5) is 5.69 Å². The normalized spacial score (nSPS) is 23.6. The van der Waals surface area contributed by atoms with Gasteiger partial charge in [-0.05, 0) is 45.5 Å². The summed E-state index contributed by atoms with van der Waals surface area (Å²) in [4.78, 5) is 12.3. The third kappa shape index (κ3) is 2.10. The van der Waals surface area contributed by atoms with Crippen LogP contribution in [0.25, 0.3) is 0 Å². The Morgan fingerprint density at radius 3 is 2.45 bits per heavy atom. The molecule has 0 aliphatic heterocycles. The highest BCUT2D eigenvalue weighted by Crippen LogP contribution is 2.63. The molecule has 110 valence electrons. The van der Waals surface area contributed by atoms with E-state index in [0.29, 0.717) is 16.4 Å². The zero-order valence-corrected chi connectivity index (χ0v) is 14.1. The molecule has 20 heavy (non-hydrogen) atoms. The summed E-state index contributed by atoms with van der Waals surface area (Å²) in [6.07, 6.45) is 4.21. The number of rotatable bonds is 4. The summed E-state index contributed by atoms with van der Waals surface area (Å²) in [6.45, 7) is 9.75. The highest BCUT2D eigenvalue weighted by atomic mass is 79.9. The van der Waals surface area contributed by atoms with Crippen LogP contribution in [0.1, 0.15) is 40.5 Å². The molecule has 0 bridgehead atoms. The van der Waals surface area contributed by atoms with Crippen LogP contribution in [0.5, 0.6) is 0 Å². The molecule has 0 spiro atoms. The second-order valence-corrected chi connectivity index (χ2v) is 8.12. The minimum Gasteiger partial charge on any atom is -0.379 e. The van der Waals surface area contributed by atoms with Crippen molar-refractivity contribution in [3.63, 3.8) is 0 Å². The molecule has 2 aliphatic rings. The van der Waals surface area contributed by atoms with Gasteiger partial charge in [0.2, 0.25) is 0 Å². The van der Waals surface area contributed by atoms with E-state index in [1.54, 1.807) is 10.9 Å². The van der Waals surface area contributed by atoms with Gasteiger partial charge < -0.3 is 5.32 Å². The lowest BCUT2D eigenvalue weighted by Crippen LogP contribution is -2.26. The minimum atomic E-state index is -0.0295. The Balaban J connectivity index is 1.81. The van der Waals surface area contributed by atoms with Crippen molar-refractivity contribution in [1.29, 1.82) is 0 Å². The van der Waals surface area contributed by atoms with Gasteiger partial charge in [-0.1, -0.05) is 27.7 Å². The van der Waals surface area contributed by atoms with E-state index in [2.05, 4.69) is 54.0 Å². The van der Waals surface area contributed by atoms with Crippen molar-refractivity contribution in [2.24, 2.45) is 16.7 Å². The maximum absolute atomic E-state index is 12.3. The van der Waals surface area contributed by atoms with Crippen LogP contribution in [-0.2, 0) is 6.54 Å². The first-order valence-corrected chi connectivity index (χ1v) is 8.06. The van der Waals surface area contributed by atoms with E-state index in [4.69, 9.17) is 0 Å². The molecule has 3 rings (SSSR count). The molecule has 2 fully saturated rings. The summed E-state index contributed by atoms with van der Waals surface area (Å²) < 4.78 is 2.18. The van der Waals surface area contributed by atoms with Gasteiger partial charge in [0.1, 0.15) is 4.47 Å². The monoisotopic (exact) mass is 339 g/mol. The molecule has 4 nitrogen and oxygen atoms in total. The van der Waals surface area contributed by atoms with Gasteiger partial charge in [-0.25, -0.2) is 4.68 Å². The van der Waals surface area contributed by atoms with Crippen molar-refractivity contribution < 1.29 is 0 Å². The van der Waals surface area contributed by atoms with E-state index < -0.39 is 0 Å². The molecule has 1 aromatic heterocycles. The molecule has 0 radical (unpaired) electrons. The Labute approximate surface area is 128 Å². The first-order valence-electron chi connectivity index (χ1n) is 7.27. The molecule has 0 atom stereocenters. The molecular weight excluding hydrogens is 318 g/mol. The van der Waals surface area contributed by atoms with Gasteiger partial charge in [0.05, 0.1) is 11.9 Å². The third-order valence-corrected chi connectivity index (χ3v) is 6.20. The summed E-state index contributed by atoms with van der Waals surface area (Å²) in [7, 11) is 0. The molecule has 1 aromatic rings. The predicted octanol–water partition coefficient (Wildman–Crippen LogP) is 3.26. The number of hydrogen-bond acceptors (Lipinski definition) is 3. The van der Waals surface area contributed by atoms with Crippen LogP contribution < -0.4 is 10.9 Å². The summed E-state index contributed by atoms with van der Waals surface area (Å²) in [5.74, 6) is 0.646. The van der Waals surface area contributed by atoms with Gasteiger partial charge in [-0.2, -0.15) is 5.10 Å². The van der Waals surface area contributed by atoms with Crippen LogP contribution >= 0.6 is 15.9 Å². The predicted molar refractivity (Wildman–Crippen MR) is 83.9 cm³/mol. The van der Waals surface area contributed by atoms with E-state index in [1.807, 2.05) is 0 Å². The average Bonchev–Trinajstić information content (AvgIpc) is 3.23. The van der Waals surface area contributed by atoms with Crippen LogP contribution in [0.15, 0.2) is 15.5 Å². The molecule has 2 aliphatic carbocycles. The van der Waals surface area contributed by atoms with Crippen molar-refractivity contribution in [1.82, 2.24) is 9.78 Å². The van der Waals surface area contributed by atoms with E-state index in [-0.39, 0.29) is 16.4 Å². The van der Waals surface area contributed by atoms with Gasteiger partial charge in [0.25, 0.3) is 5.56 Å². The Bertz CT molecular complexity index is 588. The number of aromatic nitrogens is 2. The van der Waals surface area contributed by atoms with E-state index in [0.717, 1.165) is 12.2 Å². The topological polar surface area (TPSA) is 46.9 Å². The highest BCUT2D eigenvalue weighted by molar-refractivity contribution is 9.10. The van der Waals surface area contributed by atoms with Crippen LogP contribution in [0.3, 0.4) is 0 Å². The van der Waals surface area contributed by atoms with E-state index in [9.17, 15) is 4.79 Å². The summed E-state index contributed by atoms with van der Waals surface area (Å²) >= 11 is 3.44. The Kier molecular flexibility index (Phi) is 3.05. The zero-order chi connectivity index (χ0) is 14.7. The van der Waals surface area contributed by atoms with Gasteiger partial charge in [0.15, 0.2) is 0 Å². The Hall–Kier alpha value is -0.840. The molecular formula is C15H22BrN3O. The van der Waals surface area contributed by atoms with Crippen molar-refractivity contribution >= 4 is 21.6 Å². The van der Waals surface area contributed by atoms with Crippen molar-refractivity contribution in [2.75, 3.05) is 5.32 Å². The maximum Gasteiger partial charge on any atom is 0.283 e. The lowest BCUT2D eigenvalue weighted by molar-refractivity contribution is 0.457. The van der Waals surface area contributed by atoms with Gasteiger partial charge >= 0.3 is 0 Å². The SMILES string of the molecule is CC1(C)C(Nc2cnn(CC3CC3)c(=O)c2Br)C1(C)C. The smallest absolute Gasteiger partial charge is 0.283 e. The lowest BCUT2D eigenvalue weighted by atomic mass is 10.0. The van der Waals surface area contributed by atoms with E-state index >= 15 is 0 Å². The van der Waals surface area contributed by atoms with Crippen molar-refractivity contribution in [3.8, 4) is 0 Å². The summed E-state index contributed by atoms with van der Waals surface area (Å²) in [5.41, 5.74) is 1.24. The second-order valence-electron chi connectivity index (χ2n) is 7.32. The fraction of sp³-hybridized carbons (Fsp3) is 0.733. The molecule has 1 N–H and O–H groups in total.